The molecule has 1 saturated heterocycles. The summed E-state index contributed by atoms with van der Waals surface area (Å²) in [7, 11) is 1.99. The van der Waals surface area contributed by atoms with Crippen molar-refractivity contribution in [3.8, 4) is 0 Å². The molecule has 0 unspecified atom stereocenters. The fourth-order valence-electron chi connectivity index (χ4n) is 3.19. The lowest BCUT2D eigenvalue weighted by molar-refractivity contribution is 0.0679. The van der Waals surface area contributed by atoms with Crippen molar-refractivity contribution in [1.29, 1.82) is 0 Å². The van der Waals surface area contributed by atoms with Gasteiger partial charge in [0, 0.05) is 18.8 Å². The SMILES string of the molecule is CNCCC1CCN(C(=O)c2cc(C)n(C(C)(C)C)n2)CC1. The molecule has 124 valence electrons. The van der Waals surface area contributed by atoms with E-state index in [0.717, 1.165) is 44.1 Å². The molecule has 5 nitrogen and oxygen atoms in total. The van der Waals surface area contributed by atoms with Crippen LogP contribution in [0.5, 0.6) is 0 Å². The molecular formula is C17H30N4O. The van der Waals surface area contributed by atoms with Crippen LogP contribution in [0.2, 0.25) is 0 Å². The van der Waals surface area contributed by atoms with Crippen LogP contribution in [-0.4, -0.2) is 47.3 Å². The number of hydrogen-bond donors (Lipinski definition) is 1. The Kier molecular flexibility index (Phi) is 5.27. The molecule has 1 aromatic rings. The molecule has 0 bridgehead atoms. The molecule has 0 spiro atoms. The fraction of sp³-hybridized carbons (Fsp3) is 0.765. The molecule has 0 saturated carbocycles. The van der Waals surface area contributed by atoms with Crippen LogP contribution in [0.25, 0.3) is 0 Å². The van der Waals surface area contributed by atoms with Crippen molar-refractivity contribution in [3.63, 3.8) is 0 Å². The predicted octanol–water partition coefficient (Wildman–Crippen LogP) is 2.41. The van der Waals surface area contributed by atoms with Crippen LogP contribution in [-0.2, 0) is 5.54 Å². The van der Waals surface area contributed by atoms with Gasteiger partial charge in [-0.15, -0.1) is 0 Å². The zero-order valence-corrected chi connectivity index (χ0v) is 14.6. The van der Waals surface area contributed by atoms with Gasteiger partial charge in [-0.05, 0) is 72.5 Å². The number of carbonyl (C=O) groups is 1. The van der Waals surface area contributed by atoms with E-state index in [2.05, 4.69) is 31.2 Å². The van der Waals surface area contributed by atoms with Gasteiger partial charge in [-0.3, -0.25) is 9.48 Å². The lowest BCUT2D eigenvalue weighted by Gasteiger charge is -2.31. The van der Waals surface area contributed by atoms with Crippen LogP contribution >= 0.6 is 0 Å². The molecule has 5 heteroatoms. The number of aryl methyl sites for hydroxylation is 1. The number of amides is 1. The van der Waals surface area contributed by atoms with Crippen molar-refractivity contribution in [2.75, 3.05) is 26.7 Å². The van der Waals surface area contributed by atoms with Crippen molar-refractivity contribution >= 4 is 5.91 Å². The molecule has 1 aliphatic rings. The van der Waals surface area contributed by atoms with Gasteiger partial charge in [-0.1, -0.05) is 0 Å². The molecule has 0 atom stereocenters. The fourth-order valence-corrected chi connectivity index (χ4v) is 3.19. The largest absolute Gasteiger partial charge is 0.337 e. The summed E-state index contributed by atoms with van der Waals surface area (Å²) < 4.78 is 1.94. The Morgan fingerprint density at radius 1 is 1.36 bits per heavy atom. The van der Waals surface area contributed by atoms with E-state index in [0.29, 0.717) is 5.69 Å². The Hall–Kier alpha value is -1.36. The quantitative estimate of drug-likeness (QED) is 0.929. The van der Waals surface area contributed by atoms with Gasteiger partial charge < -0.3 is 10.2 Å². The summed E-state index contributed by atoms with van der Waals surface area (Å²) in [5.41, 5.74) is 1.53. The molecule has 1 fully saturated rings. The van der Waals surface area contributed by atoms with Crippen LogP contribution in [0, 0.1) is 12.8 Å². The Labute approximate surface area is 134 Å². The third-order valence-corrected chi connectivity index (χ3v) is 4.45. The van der Waals surface area contributed by atoms with E-state index in [1.54, 1.807) is 0 Å². The van der Waals surface area contributed by atoms with Crippen LogP contribution < -0.4 is 5.32 Å². The summed E-state index contributed by atoms with van der Waals surface area (Å²) in [5, 5.41) is 7.74. The highest BCUT2D eigenvalue weighted by Gasteiger charge is 2.26. The number of aromatic nitrogens is 2. The molecule has 2 rings (SSSR count). The maximum absolute atomic E-state index is 12.7. The average Bonchev–Trinajstić information content (AvgIpc) is 2.87. The first-order valence-corrected chi connectivity index (χ1v) is 8.34. The summed E-state index contributed by atoms with van der Waals surface area (Å²) in [5.74, 6) is 0.823. The maximum atomic E-state index is 12.7. The van der Waals surface area contributed by atoms with Crippen LogP contribution in [0.4, 0.5) is 0 Å². The van der Waals surface area contributed by atoms with Crippen molar-refractivity contribution < 1.29 is 4.79 Å². The van der Waals surface area contributed by atoms with Crippen molar-refractivity contribution in [2.45, 2.75) is 52.5 Å². The number of nitrogens with zero attached hydrogens (tertiary/aromatic N) is 3. The number of likely N-dealkylation sites (tertiary alicyclic amines) is 1. The molecule has 0 aromatic carbocycles. The van der Waals surface area contributed by atoms with Crippen LogP contribution in [0.15, 0.2) is 6.07 Å². The number of rotatable bonds is 4. The van der Waals surface area contributed by atoms with Gasteiger partial charge in [0.2, 0.25) is 0 Å². The summed E-state index contributed by atoms with van der Waals surface area (Å²) in [6, 6.07) is 1.92. The topological polar surface area (TPSA) is 50.2 Å². The summed E-state index contributed by atoms with van der Waals surface area (Å²) in [6.07, 6.45) is 3.41. The van der Waals surface area contributed by atoms with Crippen molar-refractivity contribution in [2.24, 2.45) is 5.92 Å². The smallest absolute Gasteiger partial charge is 0.274 e. The van der Waals surface area contributed by atoms with Gasteiger partial charge in [0.05, 0.1) is 5.54 Å². The Balaban J connectivity index is 1.99. The summed E-state index contributed by atoms with van der Waals surface area (Å²) in [6.45, 7) is 11.1. The number of hydrogen-bond acceptors (Lipinski definition) is 3. The van der Waals surface area contributed by atoms with Gasteiger partial charge in [0.25, 0.3) is 5.91 Å². The second-order valence-corrected chi connectivity index (χ2v) is 7.38. The van der Waals surface area contributed by atoms with Crippen molar-refractivity contribution in [1.82, 2.24) is 20.0 Å². The minimum atomic E-state index is -0.0945. The van der Waals surface area contributed by atoms with Crippen LogP contribution in [0.1, 0.15) is 56.2 Å². The van der Waals surface area contributed by atoms with Gasteiger partial charge in [0.1, 0.15) is 0 Å². The van der Waals surface area contributed by atoms with Crippen molar-refractivity contribution in [3.05, 3.63) is 17.5 Å². The standard InChI is InChI=1S/C17H30N4O/c1-13-12-15(19-21(13)17(2,3)4)16(22)20-10-7-14(8-11-20)6-9-18-5/h12,14,18H,6-11H2,1-5H3. The molecule has 22 heavy (non-hydrogen) atoms. The first-order chi connectivity index (χ1) is 10.3. The molecule has 2 heterocycles. The Morgan fingerprint density at radius 3 is 2.50 bits per heavy atom. The molecule has 1 aliphatic heterocycles. The zero-order valence-electron chi connectivity index (χ0n) is 14.6. The van der Waals surface area contributed by atoms with E-state index in [1.807, 2.05) is 29.6 Å². The molecule has 1 amide bonds. The normalized spacial score (nSPS) is 17.0. The first-order valence-electron chi connectivity index (χ1n) is 8.34. The molecule has 1 aromatic heterocycles. The zero-order chi connectivity index (χ0) is 16.3. The lowest BCUT2D eigenvalue weighted by atomic mass is 9.93. The van der Waals surface area contributed by atoms with Gasteiger partial charge in [-0.25, -0.2) is 0 Å². The second kappa shape index (κ2) is 6.82. The van der Waals surface area contributed by atoms with Gasteiger partial charge in [-0.2, -0.15) is 5.10 Å². The predicted molar refractivity (Wildman–Crippen MR) is 89.1 cm³/mol. The number of nitrogens with one attached hydrogen (secondary N) is 1. The third kappa shape index (κ3) is 3.88. The molecule has 0 aliphatic carbocycles. The van der Waals surface area contributed by atoms with E-state index in [1.165, 1.54) is 6.42 Å². The highest BCUT2D eigenvalue weighted by Crippen LogP contribution is 2.22. The van der Waals surface area contributed by atoms with E-state index in [9.17, 15) is 4.79 Å². The molecule has 0 radical (unpaired) electrons. The van der Waals surface area contributed by atoms with E-state index in [4.69, 9.17) is 0 Å². The highest BCUT2D eigenvalue weighted by atomic mass is 16.2. The lowest BCUT2D eigenvalue weighted by Crippen LogP contribution is -2.39. The highest BCUT2D eigenvalue weighted by molar-refractivity contribution is 5.92. The Bertz CT molecular complexity index is 507. The average molecular weight is 306 g/mol. The third-order valence-electron chi connectivity index (χ3n) is 4.45. The van der Waals surface area contributed by atoms with E-state index >= 15 is 0 Å². The minimum absolute atomic E-state index is 0.0816. The van der Waals surface area contributed by atoms with Gasteiger partial charge in [0.15, 0.2) is 5.69 Å². The monoisotopic (exact) mass is 306 g/mol. The van der Waals surface area contributed by atoms with Gasteiger partial charge >= 0.3 is 0 Å². The van der Waals surface area contributed by atoms with Crippen LogP contribution in [0.3, 0.4) is 0 Å². The van der Waals surface area contributed by atoms with E-state index in [-0.39, 0.29) is 11.4 Å². The first kappa shape index (κ1) is 17.0. The van der Waals surface area contributed by atoms with E-state index < -0.39 is 0 Å². The Morgan fingerprint density at radius 2 is 2.00 bits per heavy atom. The summed E-state index contributed by atoms with van der Waals surface area (Å²) in [4.78, 5) is 14.6. The second-order valence-electron chi connectivity index (χ2n) is 7.38. The maximum Gasteiger partial charge on any atom is 0.274 e. The number of piperidine rings is 1. The number of carbonyl (C=O) groups excluding carboxylic acids is 1. The minimum Gasteiger partial charge on any atom is -0.337 e. The summed E-state index contributed by atoms with van der Waals surface area (Å²) >= 11 is 0. The molecule has 1 N–H and O–H groups in total. The molecular weight excluding hydrogens is 276 g/mol.